The molecular weight excluding hydrogens is 286 g/mol. The van der Waals surface area contributed by atoms with Crippen molar-refractivity contribution in [3.05, 3.63) is 30.3 Å². The van der Waals surface area contributed by atoms with E-state index in [1.165, 1.54) is 11.2 Å². The molecule has 0 bridgehead atoms. The lowest BCUT2D eigenvalue weighted by molar-refractivity contribution is -0.122. The molecule has 1 aromatic rings. The third-order valence-corrected chi connectivity index (χ3v) is 6.20. The molecule has 0 unspecified atom stereocenters. The molecule has 5 heteroatoms. The topological polar surface area (TPSA) is 54.5 Å². The maximum Gasteiger partial charge on any atom is 0.235 e. The van der Waals surface area contributed by atoms with Gasteiger partial charge in [-0.25, -0.2) is 8.42 Å². The van der Waals surface area contributed by atoms with E-state index in [-0.39, 0.29) is 11.5 Å². The van der Waals surface area contributed by atoms with Crippen LogP contribution in [0.15, 0.2) is 30.3 Å². The average molecular weight is 309 g/mol. The summed E-state index contributed by atoms with van der Waals surface area (Å²) in [6.07, 6.45) is 4.06. The molecule has 2 rings (SSSR count). The van der Waals surface area contributed by atoms with Gasteiger partial charge >= 0.3 is 0 Å². The van der Waals surface area contributed by atoms with Crippen molar-refractivity contribution in [3.8, 4) is 0 Å². The summed E-state index contributed by atoms with van der Waals surface area (Å²) in [5, 5.41) is 0. The number of rotatable bonds is 5. The Bertz CT molecular complexity index is 589. The van der Waals surface area contributed by atoms with E-state index in [9.17, 15) is 13.2 Å². The molecule has 1 fully saturated rings. The number of ketones is 1. The quantitative estimate of drug-likeness (QED) is 0.839. The van der Waals surface area contributed by atoms with Crippen molar-refractivity contribution < 1.29 is 13.2 Å². The molecule has 0 radical (unpaired) electrons. The lowest BCUT2D eigenvalue weighted by Gasteiger charge is -2.44. The maximum absolute atomic E-state index is 12.7. The van der Waals surface area contributed by atoms with E-state index in [0.717, 1.165) is 19.3 Å². The number of Topliss-reactive ketones (excluding diaryl/α,β-unsaturated/α-hetero) is 1. The number of carbonyl (C=O) groups is 1. The van der Waals surface area contributed by atoms with Gasteiger partial charge in [0, 0.05) is 0 Å². The average Bonchev–Trinajstić information content (AvgIpc) is 2.49. The van der Waals surface area contributed by atoms with Crippen molar-refractivity contribution in [2.24, 2.45) is 0 Å². The first-order valence-electron chi connectivity index (χ1n) is 7.53. The minimum atomic E-state index is -3.50. The van der Waals surface area contributed by atoms with Crippen molar-refractivity contribution in [1.29, 1.82) is 0 Å². The molecule has 0 aromatic heterocycles. The van der Waals surface area contributed by atoms with Crippen LogP contribution in [0.2, 0.25) is 0 Å². The van der Waals surface area contributed by atoms with Gasteiger partial charge in [-0.3, -0.25) is 9.10 Å². The van der Waals surface area contributed by atoms with Crippen LogP contribution in [-0.4, -0.2) is 25.5 Å². The van der Waals surface area contributed by atoms with Gasteiger partial charge < -0.3 is 0 Å². The van der Waals surface area contributed by atoms with Crippen LogP contribution in [0.4, 0.5) is 5.69 Å². The number of hydrogen-bond acceptors (Lipinski definition) is 3. The lowest BCUT2D eigenvalue weighted by Crippen LogP contribution is -2.58. The maximum atomic E-state index is 12.7. The minimum Gasteiger partial charge on any atom is -0.297 e. The fourth-order valence-corrected chi connectivity index (χ4v) is 4.75. The highest BCUT2D eigenvalue weighted by molar-refractivity contribution is 7.92. The minimum absolute atomic E-state index is 0.00305. The predicted octanol–water partition coefficient (Wildman–Crippen LogP) is 3.13. The molecule has 1 aliphatic rings. The molecule has 116 valence electrons. The monoisotopic (exact) mass is 309 g/mol. The highest BCUT2D eigenvalue weighted by Gasteiger charge is 2.47. The summed E-state index contributed by atoms with van der Waals surface area (Å²) in [5.41, 5.74) is -0.314. The van der Waals surface area contributed by atoms with E-state index in [4.69, 9.17) is 0 Å². The number of anilines is 1. The van der Waals surface area contributed by atoms with Crippen molar-refractivity contribution >= 4 is 21.5 Å². The zero-order valence-corrected chi connectivity index (χ0v) is 13.5. The highest BCUT2D eigenvalue weighted by atomic mass is 32.2. The second kappa shape index (κ2) is 6.18. The Morgan fingerprint density at radius 1 is 1.14 bits per heavy atom. The summed E-state index contributed by atoms with van der Waals surface area (Å²) in [4.78, 5) is 12.4. The molecule has 0 spiro atoms. The Labute approximate surface area is 127 Å². The first-order chi connectivity index (χ1) is 9.94. The van der Waals surface area contributed by atoms with Crippen LogP contribution < -0.4 is 4.31 Å². The fourth-order valence-electron chi connectivity index (χ4n) is 3.20. The fraction of sp³-hybridized carbons (Fsp3) is 0.562. The van der Waals surface area contributed by atoms with Gasteiger partial charge in [-0.1, -0.05) is 37.5 Å². The SMILES string of the molecule is CCS(=O)(=O)N(c1ccccc1)C1(C(C)=O)CCCCC1. The molecule has 21 heavy (non-hydrogen) atoms. The molecule has 1 aliphatic carbocycles. The van der Waals surface area contributed by atoms with Gasteiger partial charge in [-0.15, -0.1) is 0 Å². The summed E-state index contributed by atoms with van der Waals surface area (Å²) in [5.74, 6) is -0.0558. The smallest absolute Gasteiger partial charge is 0.235 e. The molecule has 0 heterocycles. The number of sulfonamides is 1. The lowest BCUT2D eigenvalue weighted by atomic mass is 9.78. The van der Waals surface area contributed by atoms with Crippen LogP contribution in [0.1, 0.15) is 46.0 Å². The van der Waals surface area contributed by atoms with Crippen LogP contribution in [0.25, 0.3) is 0 Å². The van der Waals surface area contributed by atoms with E-state index in [2.05, 4.69) is 0 Å². The van der Waals surface area contributed by atoms with Crippen LogP contribution in [-0.2, 0) is 14.8 Å². The first-order valence-corrected chi connectivity index (χ1v) is 9.14. The van der Waals surface area contributed by atoms with E-state index in [1.54, 1.807) is 19.1 Å². The molecule has 0 aliphatic heterocycles. The Hall–Kier alpha value is -1.36. The van der Waals surface area contributed by atoms with Gasteiger partial charge in [0.2, 0.25) is 10.0 Å². The normalized spacial score (nSPS) is 18.2. The molecule has 0 N–H and O–H groups in total. The third kappa shape index (κ3) is 2.98. The third-order valence-electron chi connectivity index (χ3n) is 4.36. The molecular formula is C16H23NO3S. The van der Waals surface area contributed by atoms with Crippen molar-refractivity contribution in [2.75, 3.05) is 10.1 Å². The summed E-state index contributed by atoms with van der Waals surface area (Å²) < 4.78 is 26.8. The molecule has 0 saturated heterocycles. The zero-order chi connectivity index (χ0) is 15.5. The summed E-state index contributed by atoms with van der Waals surface area (Å²) in [6.45, 7) is 3.15. The van der Waals surface area contributed by atoms with Gasteiger partial charge in [0.05, 0.1) is 11.4 Å². The van der Waals surface area contributed by atoms with E-state index < -0.39 is 15.6 Å². The first kappa shape index (κ1) is 16.0. The zero-order valence-electron chi connectivity index (χ0n) is 12.7. The summed E-state index contributed by atoms with van der Waals surface area (Å²) in [6, 6.07) is 9.01. The molecule has 1 aromatic carbocycles. The van der Waals surface area contributed by atoms with E-state index >= 15 is 0 Å². The van der Waals surface area contributed by atoms with Crippen LogP contribution >= 0.6 is 0 Å². The van der Waals surface area contributed by atoms with Crippen molar-refractivity contribution in [2.45, 2.75) is 51.5 Å². The van der Waals surface area contributed by atoms with Crippen LogP contribution in [0.3, 0.4) is 0 Å². The van der Waals surface area contributed by atoms with Gasteiger partial charge in [0.15, 0.2) is 5.78 Å². The second-order valence-corrected chi connectivity index (χ2v) is 7.76. The van der Waals surface area contributed by atoms with Gasteiger partial charge in [-0.05, 0) is 38.8 Å². The van der Waals surface area contributed by atoms with E-state index in [0.29, 0.717) is 18.5 Å². The standard InChI is InChI=1S/C16H23NO3S/c1-3-21(19,20)17(15-10-6-4-7-11-15)16(14(2)18)12-8-5-9-13-16/h4,6-7,10-11H,3,5,8-9,12-13H2,1-2H3. The van der Waals surface area contributed by atoms with Gasteiger partial charge in [0.1, 0.15) is 5.54 Å². The number of benzene rings is 1. The molecule has 1 saturated carbocycles. The highest BCUT2D eigenvalue weighted by Crippen LogP contribution is 2.39. The summed E-state index contributed by atoms with van der Waals surface area (Å²) in [7, 11) is -3.50. The number of hydrogen-bond donors (Lipinski definition) is 0. The van der Waals surface area contributed by atoms with Gasteiger partial charge in [-0.2, -0.15) is 0 Å². The van der Waals surface area contributed by atoms with Gasteiger partial charge in [0.25, 0.3) is 0 Å². The predicted molar refractivity (Wildman–Crippen MR) is 84.9 cm³/mol. The van der Waals surface area contributed by atoms with Crippen LogP contribution in [0.5, 0.6) is 0 Å². The molecule has 0 atom stereocenters. The molecule has 4 nitrogen and oxygen atoms in total. The Balaban J connectivity index is 2.60. The number of para-hydroxylation sites is 1. The Morgan fingerprint density at radius 2 is 1.71 bits per heavy atom. The van der Waals surface area contributed by atoms with Crippen LogP contribution in [0, 0.1) is 0 Å². The van der Waals surface area contributed by atoms with Crippen molar-refractivity contribution in [1.82, 2.24) is 0 Å². The van der Waals surface area contributed by atoms with E-state index in [1.807, 2.05) is 18.2 Å². The summed E-state index contributed by atoms with van der Waals surface area (Å²) >= 11 is 0. The number of nitrogens with zero attached hydrogens (tertiary/aromatic N) is 1. The Kier molecular flexibility index (Phi) is 4.71. The largest absolute Gasteiger partial charge is 0.297 e. The van der Waals surface area contributed by atoms with Crippen molar-refractivity contribution in [3.63, 3.8) is 0 Å². The number of carbonyl (C=O) groups excluding carboxylic acids is 1. The second-order valence-electron chi connectivity index (χ2n) is 5.65. The Morgan fingerprint density at radius 3 is 2.19 bits per heavy atom. The molecule has 0 amide bonds.